The fourth-order valence-corrected chi connectivity index (χ4v) is 3.21. The molecule has 0 spiro atoms. The number of hydrogen-bond donors (Lipinski definition) is 1. The van der Waals surface area contributed by atoms with Gasteiger partial charge < -0.3 is 15.1 Å². The molecule has 2 fully saturated rings. The number of amides is 1. The van der Waals surface area contributed by atoms with Crippen molar-refractivity contribution < 1.29 is 9.18 Å². The second-order valence-electron chi connectivity index (χ2n) is 6.19. The van der Waals surface area contributed by atoms with Gasteiger partial charge in [-0.3, -0.25) is 9.69 Å². The van der Waals surface area contributed by atoms with E-state index in [9.17, 15) is 9.18 Å². The molecule has 1 aromatic rings. The molecule has 5 nitrogen and oxygen atoms in total. The average molecular weight is 393 g/mol. The Bertz CT molecular complexity index is 518. The zero-order chi connectivity index (χ0) is 16.1. The molecular weight excluding hydrogens is 366 g/mol. The quantitative estimate of drug-likeness (QED) is 0.844. The van der Waals surface area contributed by atoms with E-state index >= 15 is 0 Å². The van der Waals surface area contributed by atoms with Gasteiger partial charge in [0.1, 0.15) is 5.82 Å². The number of carbonyl (C=O) groups is 1. The predicted molar refractivity (Wildman–Crippen MR) is 104 cm³/mol. The summed E-state index contributed by atoms with van der Waals surface area (Å²) in [6.45, 7) is 8.05. The first-order valence-corrected chi connectivity index (χ1v) is 8.44. The Labute approximate surface area is 161 Å². The third-order valence-electron chi connectivity index (χ3n) is 4.68. The Morgan fingerprint density at radius 1 is 0.960 bits per heavy atom. The number of anilines is 1. The van der Waals surface area contributed by atoms with E-state index in [4.69, 9.17) is 0 Å². The van der Waals surface area contributed by atoms with Crippen LogP contribution in [0, 0.1) is 5.82 Å². The molecule has 0 bridgehead atoms. The maximum atomic E-state index is 13.0. The SMILES string of the molecule is Cl.Cl.O=C(CCN1CCN(c2ccc(F)cc2)CC1)N1CCNCC1. The normalized spacial score (nSPS) is 18.3. The summed E-state index contributed by atoms with van der Waals surface area (Å²) in [4.78, 5) is 18.8. The van der Waals surface area contributed by atoms with Crippen LogP contribution in [0.4, 0.5) is 10.1 Å². The van der Waals surface area contributed by atoms with Gasteiger partial charge in [-0.1, -0.05) is 0 Å². The van der Waals surface area contributed by atoms with Crippen LogP contribution >= 0.6 is 24.8 Å². The van der Waals surface area contributed by atoms with Gasteiger partial charge >= 0.3 is 0 Å². The van der Waals surface area contributed by atoms with Crippen molar-refractivity contribution >= 4 is 36.4 Å². The summed E-state index contributed by atoms with van der Waals surface area (Å²) in [5, 5.41) is 3.27. The maximum absolute atomic E-state index is 13.0. The van der Waals surface area contributed by atoms with Crippen molar-refractivity contribution in [3.05, 3.63) is 30.1 Å². The van der Waals surface area contributed by atoms with E-state index in [1.807, 2.05) is 17.0 Å². The molecule has 2 saturated heterocycles. The van der Waals surface area contributed by atoms with Gasteiger partial charge in [-0.2, -0.15) is 0 Å². The van der Waals surface area contributed by atoms with Crippen molar-refractivity contribution in [1.82, 2.24) is 15.1 Å². The summed E-state index contributed by atoms with van der Waals surface area (Å²) in [5.74, 6) is 0.0753. The standard InChI is InChI=1S/C17H25FN4O.2ClH/c18-15-1-3-16(4-2-15)21-13-11-20(12-14-21)8-5-17(23)22-9-6-19-7-10-22;;/h1-4,19H,5-14H2;2*1H. The van der Waals surface area contributed by atoms with Crippen LogP contribution in [0.2, 0.25) is 0 Å². The van der Waals surface area contributed by atoms with Gasteiger partial charge in [-0.25, -0.2) is 4.39 Å². The lowest BCUT2D eigenvalue weighted by Gasteiger charge is -2.36. The second-order valence-corrected chi connectivity index (χ2v) is 6.19. The number of carbonyl (C=O) groups excluding carboxylic acids is 1. The third-order valence-corrected chi connectivity index (χ3v) is 4.68. The summed E-state index contributed by atoms with van der Waals surface area (Å²) in [6.07, 6.45) is 0.608. The smallest absolute Gasteiger partial charge is 0.223 e. The van der Waals surface area contributed by atoms with E-state index in [1.54, 1.807) is 0 Å². The predicted octanol–water partition coefficient (Wildman–Crippen LogP) is 1.61. The minimum Gasteiger partial charge on any atom is -0.369 e. The van der Waals surface area contributed by atoms with Crippen LogP contribution in [-0.2, 0) is 4.79 Å². The highest BCUT2D eigenvalue weighted by atomic mass is 35.5. The Balaban J connectivity index is 0.00000156. The third kappa shape index (κ3) is 6.29. The first kappa shape index (κ1) is 22.0. The Morgan fingerprint density at radius 3 is 2.16 bits per heavy atom. The summed E-state index contributed by atoms with van der Waals surface area (Å²) < 4.78 is 13.0. The Kier molecular flexibility index (Phi) is 9.50. The zero-order valence-electron chi connectivity index (χ0n) is 14.3. The fourth-order valence-electron chi connectivity index (χ4n) is 3.21. The highest BCUT2D eigenvalue weighted by molar-refractivity contribution is 5.85. The number of piperazine rings is 2. The van der Waals surface area contributed by atoms with Crippen molar-refractivity contribution in [3.8, 4) is 0 Å². The lowest BCUT2D eigenvalue weighted by molar-refractivity contribution is -0.132. The molecule has 2 aliphatic rings. The van der Waals surface area contributed by atoms with Gasteiger partial charge in [0.15, 0.2) is 0 Å². The summed E-state index contributed by atoms with van der Waals surface area (Å²) in [7, 11) is 0. The van der Waals surface area contributed by atoms with Gasteiger partial charge in [0.05, 0.1) is 0 Å². The zero-order valence-corrected chi connectivity index (χ0v) is 16.0. The largest absolute Gasteiger partial charge is 0.369 e. The molecule has 25 heavy (non-hydrogen) atoms. The molecule has 0 unspecified atom stereocenters. The number of hydrogen-bond acceptors (Lipinski definition) is 4. The van der Waals surface area contributed by atoms with Gasteiger partial charge in [0.2, 0.25) is 5.91 Å². The van der Waals surface area contributed by atoms with Crippen LogP contribution in [0.1, 0.15) is 6.42 Å². The van der Waals surface area contributed by atoms with Crippen molar-refractivity contribution in [1.29, 1.82) is 0 Å². The van der Waals surface area contributed by atoms with Crippen molar-refractivity contribution in [3.63, 3.8) is 0 Å². The van der Waals surface area contributed by atoms with E-state index in [0.29, 0.717) is 6.42 Å². The first-order chi connectivity index (χ1) is 11.2. The lowest BCUT2D eigenvalue weighted by Crippen LogP contribution is -2.49. The van der Waals surface area contributed by atoms with Crippen molar-refractivity contribution in [2.24, 2.45) is 0 Å². The minimum atomic E-state index is -0.196. The van der Waals surface area contributed by atoms with Crippen LogP contribution in [0.15, 0.2) is 24.3 Å². The Hall–Kier alpha value is -1.08. The topological polar surface area (TPSA) is 38.8 Å². The molecule has 3 rings (SSSR count). The van der Waals surface area contributed by atoms with Gasteiger partial charge in [-0.15, -0.1) is 24.8 Å². The highest BCUT2D eigenvalue weighted by Gasteiger charge is 2.20. The van der Waals surface area contributed by atoms with Crippen LogP contribution in [0.25, 0.3) is 0 Å². The molecule has 2 heterocycles. The summed E-state index contributed by atoms with van der Waals surface area (Å²) in [5.41, 5.74) is 1.07. The molecule has 0 saturated carbocycles. The van der Waals surface area contributed by atoms with Crippen LogP contribution in [0.3, 0.4) is 0 Å². The van der Waals surface area contributed by atoms with Crippen LogP contribution in [-0.4, -0.2) is 74.6 Å². The van der Waals surface area contributed by atoms with Crippen LogP contribution < -0.4 is 10.2 Å². The Morgan fingerprint density at radius 2 is 1.56 bits per heavy atom. The van der Waals surface area contributed by atoms with Crippen molar-refractivity contribution in [2.75, 3.05) is 63.8 Å². The average Bonchev–Trinajstić information content (AvgIpc) is 2.61. The minimum absolute atomic E-state index is 0. The first-order valence-electron chi connectivity index (χ1n) is 8.44. The number of rotatable bonds is 4. The van der Waals surface area contributed by atoms with Gasteiger partial charge in [0.25, 0.3) is 0 Å². The molecule has 0 aromatic heterocycles. The van der Waals surface area contributed by atoms with Gasteiger partial charge in [-0.05, 0) is 24.3 Å². The molecule has 1 amide bonds. The van der Waals surface area contributed by atoms with E-state index in [0.717, 1.165) is 64.6 Å². The number of benzene rings is 1. The number of nitrogens with one attached hydrogen (secondary N) is 1. The number of halogens is 3. The van der Waals surface area contributed by atoms with Crippen LogP contribution in [0.5, 0.6) is 0 Å². The monoisotopic (exact) mass is 392 g/mol. The van der Waals surface area contributed by atoms with E-state index < -0.39 is 0 Å². The molecule has 8 heteroatoms. The van der Waals surface area contributed by atoms with E-state index in [-0.39, 0.29) is 36.5 Å². The van der Waals surface area contributed by atoms with Crippen molar-refractivity contribution in [2.45, 2.75) is 6.42 Å². The second kappa shape index (κ2) is 10.8. The van der Waals surface area contributed by atoms with Gasteiger partial charge in [0, 0.05) is 71.0 Å². The lowest BCUT2D eigenvalue weighted by atomic mass is 10.2. The summed E-state index contributed by atoms with van der Waals surface area (Å²) >= 11 is 0. The molecule has 2 aliphatic heterocycles. The summed E-state index contributed by atoms with van der Waals surface area (Å²) in [6, 6.07) is 6.68. The molecular formula is C17H27Cl2FN4O. The van der Waals surface area contributed by atoms with E-state index in [1.165, 1.54) is 12.1 Å². The molecule has 0 atom stereocenters. The highest BCUT2D eigenvalue weighted by Crippen LogP contribution is 2.17. The van der Waals surface area contributed by atoms with E-state index in [2.05, 4.69) is 15.1 Å². The molecule has 142 valence electrons. The number of nitrogens with zero attached hydrogens (tertiary/aromatic N) is 3. The molecule has 0 aliphatic carbocycles. The maximum Gasteiger partial charge on any atom is 0.223 e. The fraction of sp³-hybridized carbons (Fsp3) is 0.588. The molecule has 1 aromatic carbocycles. The molecule has 0 radical (unpaired) electrons. The molecule has 1 N–H and O–H groups in total.